The fraction of sp³-hybridized carbons (Fsp3) is 0.0526. The van der Waals surface area contributed by atoms with E-state index in [-0.39, 0.29) is 0 Å². The van der Waals surface area contributed by atoms with Crippen LogP contribution in [-0.4, -0.2) is 15.0 Å². The number of benzene rings is 5. The molecule has 0 saturated carbocycles. The molecule has 41 heavy (non-hydrogen) atoms. The average molecular weight is 723 g/mol. The Kier molecular flexibility index (Phi) is 10.7. The van der Waals surface area contributed by atoms with Gasteiger partial charge in [-0.05, 0) is 0 Å². The molecule has 0 aliphatic rings. The molecule has 3 heteroatoms. The van der Waals surface area contributed by atoms with Crippen molar-refractivity contribution < 1.29 is 0 Å². The first kappa shape index (κ1) is 29.1. The number of hydrogen-bond donors (Lipinski definition) is 0. The summed E-state index contributed by atoms with van der Waals surface area (Å²) < 4.78 is 3.53. The van der Waals surface area contributed by atoms with Crippen LogP contribution in [0.5, 0.6) is 0 Å². The average Bonchev–Trinajstić information content (AvgIpc) is 3.02. The van der Waals surface area contributed by atoms with E-state index in [1.807, 2.05) is 12.1 Å². The van der Waals surface area contributed by atoms with E-state index in [4.69, 9.17) is 0 Å². The zero-order chi connectivity index (χ0) is 28.3. The van der Waals surface area contributed by atoms with Crippen molar-refractivity contribution in [3.8, 4) is 11.8 Å². The Morgan fingerprint density at radius 2 is 1.10 bits per heavy atom. The zero-order valence-corrected chi connectivity index (χ0v) is 27.3. The molecule has 5 aromatic rings. The van der Waals surface area contributed by atoms with Crippen molar-refractivity contribution in [1.29, 1.82) is 0 Å². The van der Waals surface area contributed by atoms with Crippen molar-refractivity contribution in [1.82, 2.24) is 0 Å². The van der Waals surface area contributed by atoms with E-state index >= 15 is 0 Å². The normalized spacial score (nSPS) is 10.9. The van der Waals surface area contributed by atoms with Crippen LogP contribution in [0.1, 0.15) is 28.7 Å². The second-order valence-corrected chi connectivity index (χ2v) is 13.6. The van der Waals surface area contributed by atoms with Crippen molar-refractivity contribution >= 4 is 62.4 Å². The molecule has 0 aromatic heterocycles. The van der Waals surface area contributed by atoms with E-state index in [1.165, 1.54) is 26.7 Å². The van der Waals surface area contributed by atoms with Crippen molar-refractivity contribution in [3.63, 3.8) is 0 Å². The second kappa shape index (κ2) is 15.0. The third-order valence-electron chi connectivity index (χ3n) is 6.49. The van der Waals surface area contributed by atoms with Crippen molar-refractivity contribution in [2.24, 2.45) is 0 Å². The van der Waals surface area contributed by atoms with Gasteiger partial charge in [0.2, 0.25) is 0 Å². The molecule has 0 N–H and O–H groups in total. The Morgan fingerprint density at radius 3 is 1.66 bits per heavy atom. The Hall–Kier alpha value is -3.38. The maximum atomic E-state index is 3.60. The molecule has 0 aliphatic heterocycles. The predicted molar refractivity (Wildman–Crippen MR) is 183 cm³/mol. The van der Waals surface area contributed by atoms with Gasteiger partial charge in [0.25, 0.3) is 0 Å². The molecule has 0 bridgehead atoms. The van der Waals surface area contributed by atoms with E-state index in [1.54, 1.807) is 0 Å². The van der Waals surface area contributed by atoms with Crippen LogP contribution in [0.4, 0.5) is 0 Å². The molecule has 0 aliphatic carbocycles. The SMILES string of the molecule is Brc1ccc(C#C/C(=C/C(CC[Se]c2ccccc2)=C(c2ccccc2)c2ccccc2)c2ccc(Br)cc2)cc1. The molecule has 200 valence electrons. The molecule has 0 radical (unpaired) electrons. The summed E-state index contributed by atoms with van der Waals surface area (Å²) in [6, 6.07) is 49.0. The summed E-state index contributed by atoms with van der Waals surface area (Å²) in [5, 5.41) is 1.10. The Labute approximate surface area is 266 Å². The van der Waals surface area contributed by atoms with Crippen LogP contribution in [0.15, 0.2) is 160 Å². The Bertz CT molecular complexity index is 1630. The molecule has 0 heterocycles. The van der Waals surface area contributed by atoms with Gasteiger partial charge in [0, 0.05) is 0 Å². The van der Waals surface area contributed by atoms with Gasteiger partial charge in [0.1, 0.15) is 0 Å². The van der Waals surface area contributed by atoms with Crippen LogP contribution < -0.4 is 4.46 Å². The first-order valence-corrected chi connectivity index (χ1v) is 17.1. The molecular weight excluding hydrogens is 695 g/mol. The van der Waals surface area contributed by atoms with Gasteiger partial charge in [-0.25, -0.2) is 0 Å². The van der Waals surface area contributed by atoms with Gasteiger partial charge in [-0.1, -0.05) is 0 Å². The molecular formula is C38H28Br2Se. The number of hydrogen-bond acceptors (Lipinski definition) is 0. The molecule has 0 nitrogen and oxygen atoms in total. The van der Waals surface area contributed by atoms with Gasteiger partial charge in [-0.15, -0.1) is 0 Å². The van der Waals surface area contributed by atoms with Crippen LogP contribution in [0.25, 0.3) is 11.1 Å². The van der Waals surface area contributed by atoms with Crippen molar-refractivity contribution in [2.75, 3.05) is 0 Å². The monoisotopic (exact) mass is 722 g/mol. The fourth-order valence-corrected chi connectivity index (χ4v) is 6.91. The standard InChI is InChI=1S/C38H28Br2Se/c39-35-22-17-29(18-23-35)16-19-33(30-20-24-36(40)25-21-30)28-34(26-27-41-37-14-8-3-9-15-37)38(31-10-4-1-5-11-31)32-12-6-2-7-13-32/h1-15,17-18,20-25,28H,26-27H2/b33-28-. The molecule has 0 saturated heterocycles. The van der Waals surface area contributed by atoms with Gasteiger partial charge in [-0.3, -0.25) is 0 Å². The molecule has 0 spiro atoms. The molecule has 0 fully saturated rings. The van der Waals surface area contributed by atoms with Gasteiger partial charge in [0.15, 0.2) is 0 Å². The third kappa shape index (κ3) is 8.56. The van der Waals surface area contributed by atoms with E-state index in [9.17, 15) is 0 Å². The summed E-state index contributed by atoms with van der Waals surface area (Å²) in [6.45, 7) is 0. The van der Waals surface area contributed by atoms with E-state index in [0.29, 0.717) is 15.0 Å². The Balaban J connectivity index is 1.67. The molecule has 0 atom stereocenters. The topological polar surface area (TPSA) is 0 Å². The van der Waals surface area contributed by atoms with E-state index in [2.05, 4.69) is 177 Å². The summed E-state index contributed by atoms with van der Waals surface area (Å²) in [5.41, 5.74) is 8.08. The zero-order valence-electron chi connectivity index (χ0n) is 22.4. The molecule has 0 amide bonds. The van der Waals surface area contributed by atoms with E-state index < -0.39 is 0 Å². The summed E-state index contributed by atoms with van der Waals surface area (Å²) in [4.78, 5) is 0. The minimum absolute atomic E-state index is 0.375. The van der Waals surface area contributed by atoms with Gasteiger partial charge >= 0.3 is 268 Å². The van der Waals surface area contributed by atoms with Gasteiger partial charge < -0.3 is 0 Å². The van der Waals surface area contributed by atoms with Crippen LogP contribution in [-0.2, 0) is 0 Å². The Morgan fingerprint density at radius 1 is 0.585 bits per heavy atom. The van der Waals surface area contributed by atoms with Crippen LogP contribution in [0.3, 0.4) is 0 Å². The molecule has 5 aromatic carbocycles. The maximum absolute atomic E-state index is 3.60. The van der Waals surface area contributed by atoms with Gasteiger partial charge in [-0.2, -0.15) is 0 Å². The van der Waals surface area contributed by atoms with Crippen LogP contribution in [0, 0.1) is 11.8 Å². The fourth-order valence-electron chi connectivity index (χ4n) is 4.48. The van der Waals surface area contributed by atoms with Crippen molar-refractivity contribution in [2.45, 2.75) is 11.7 Å². The minimum atomic E-state index is 0.375. The third-order valence-corrected chi connectivity index (χ3v) is 9.67. The summed E-state index contributed by atoms with van der Waals surface area (Å²) in [7, 11) is 0. The number of rotatable bonds is 8. The second-order valence-electron chi connectivity index (χ2n) is 9.37. The predicted octanol–water partition coefficient (Wildman–Crippen LogP) is 9.99. The van der Waals surface area contributed by atoms with Crippen LogP contribution >= 0.6 is 31.9 Å². The summed E-state index contributed by atoms with van der Waals surface area (Å²) in [6.07, 6.45) is 3.28. The number of allylic oxidation sites excluding steroid dienone is 3. The quantitative estimate of drug-likeness (QED) is 0.0850. The molecule has 0 unspecified atom stereocenters. The van der Waals surface area contributed by atoms with Gasteiger partial charge in [0.05, 0.1) is 0 Å². The summed E-state index contributed by atoms with van der Waals surface area (Å²) >= 11 is 7.51. The summed E-state index contributed by atoms with van der Waals surface area (Å²) in [5.74, 6) is 6.96. The first-order valence-electron chi connectivity index (χ1n) is 13.4. The molecule has 5 rings (SSSR count). The van der Waals surface area contributed by atoms with E-state index in [0.717, 1.165) is 37.4 Å². The van der Waals surface area contributed by atoms with Crippen LogP contribution in [0.2, 0.25) is 5.32 Å². The number of halogens is 2. The van der Waals surface area contributed by atoms with Crippen molar-refractivity contribution in [3.05, 3.63) is 182 Å². The first-order chi connectivity index (χ1) is 20.2.